The Balaban J connectivity index is 2.69. The summed E-state index contributed by atoms with van der Waals surface area (Å²) >= 11 is -9.46. The molecule has 240 valence electrons. The predicted octanol–water partition coefficient (Wildman–Crippen LogP) is 5.85. The first-order valence-corrected chi connectivity index (χ1v) is 15.0. The maximum atomic E-state index is 15.4. The molecule has 0 heterocycles. The van der Waals surface area contributed by atoms with Crippen molar-refractivity contribution < 1.29 is 87.8 Å². The molecule has 0 aliphatic carbocycles. The van der Waals surface area contributed by atoms with Crippen LogP contribution in [-0.4, -0.2) is 13.3 Å². The minimum atomic E-state index is -9.46. The molecule has 21 heteroatoms. The molecule has 0 fully saturated rings. The average Bonchev–Trinajstić information content (AvgIpc) is 3.00. The van der Waals surface area contributed by atoms with Crippen LogP contribution in [0, 0.1) is 116 Å². The summed E-state index contributed by atoms with van der Waals surface area (Å²) in [5.74, 6) is -70.6. The second-order valence-electron chi connectivity index (χ2n) is 8.53. The van der Waals surface area contributed by atoms with Gasteiger partial charge in [0.1, 0.15) is 0 Å². The van der Waals surface area contributed by atoms with Crippen molar-refractivity contribution in [3.05, 3.63) is 116 Å². The standard InChI is InChI=1S/C24F20Ge/c25-1-5(29)13(37)21(14(38)6(1)30)45(22-15(39)7(31)2(26)8(32)16(22)40,23-17(41)9(33)3(27)10(34)18(23)42)24-19(43)11(35)4(28)12(36)20(24)44. The summed E-state index contributed by atoms with van der Waals surface area (Å²) < 4.78 is 281. The number of hydrogen-bond acceptors (Lipinski definition) is 0. The van der Waals surface area contributed by atoms with Crippen LogP contribution in [0.1, 0.15) is 0 Å². The Morgan fingerprint density at radius 3 is 0.356 bits per heavy atom. The van der Waals surface area contributed by atoms with Crippen LogP contribution in [0.3, 0.4) is 0 Å². The Morgan fingerprint density at radius 1 is 0.156 bits per heavy atom. The zero-order chi connectivity index (χ0) is 34.4. The van der Waals surface area contributed by atoms with Gasteiger partial charge in [0.2, 0.25) is 0 Å². The van der Waals surface area contributed by atoms with Crippen molar-refractivity contribution in [3.63, 3.8) is 0 Å². The van der Waals surface area contributed by atoms with Gasteiger partial charge in [-0.1, -0.05) is 0 Å². The van der Waals surface area contributed by atoms with E-state index in [9.17, 15) is 52.7 Å². The predicted molar refractivity (Wildman–Crippen MR) is 109 cm³/mol. The normalized spacial score (nSPS) is 12.0. The van der Waals surface area contributed by atoms with Gasteiger partial charge >= 0.3 is 235 Å². The zero-order valence-electron chi connectivity index (χ0n) is 20.1. The van der Waals surface area contributed by atoms with Crippen LogP contribution in [0.15, 0.2) is 0 Å². The second kappa shape index (κ2) is 11.1. The van der Waals surface area contributed by atoms with Gasteiger partial charge < -0.3 is 0 Å². The van der Waals surface area contributed by atoms with Crippen molar-refractivity contribution >= 4 is 30.8 Å². The third kappa shape index (κ3) is 4.30. The molecule has 0 atom stereocenters. The van der Waals surface area contributed by atoms with Crippen LogP contribution in [-0.2, 0) is 0 Å². The molecule has 4 rings (SSSR count). The van der Waals surface area contributed by atoms with Gasteiger partial charge in [-0.25, -0.2) is 0 Å². The van der Waals surface area contributed by atoms with Gasteiger partial charge in [0.25, 0.3) is 0 Å². The molecule has 0 aromatic heterocycles. The first-order chi connectivity index (χ1) is 20.7. The Kier molecular flexibility index (Phi) is 8.38. The maximum absolute atomic E-state index is 15.4. The molecule has 0 aliphatic rings. The van der Waals surface area contributed by atoms with Gasteiger partial charge in [-0.05, 0) is 0 Å². The van der Waals surface area contributed by atoms with Crippen LogP contribution in [0.25, 0.3) is 0 Å². The van der Waals surface area contributed by atoms with Crippen molar-refractivity contribution in [3.8, 4) is 0 Å². The molecule has 0 aliphatic heterocycles. The van der Waals surface area contributed by atoms with E-state index in [0.29, 0.717) is 0 Å². The van der Waals surface area contributed by atoms with E-state index in [2.05, 4.69) is 0 Å². The molecule has 0 spiro atoms. The molecule has 0 saturated heterocycles. The summed E-state index contributed by atoms with van der Waals surface area (Å²) in [5.41, 5.74) is 0. The number of halogens is 20. The minimum absolute atomic E-state index is 3.32. The second-order valence-corrected chi connectivity index (χ2v) is 15.9. The SMILES string of the molecule is Fc1c(F)c(F)[c]([Ge]([c]2c(F)c(F)c(F)c(F)c2F)([c]2c(F)c(F)c(F)c(F)c2F)[c]2c(F)c(F)c(F)c(F)c2F)c(F)c1F. The van der Waals surface area contributed by atoms with Crippen LogP contribution in [0.5, 0.6) is 0 Å². The van der Waals surface area contributed by atoms with Gasteiger partial charge in [-0.15, -0.1) is 0 Å². The van der Waals surface area contributed by atoms with Gasteiger partial charge in [0.05, 0.1) is 0 Å². The molecule has 45 heavy (non-hydrogen) atoms. The molecule has 0 amide bonds. The Labute approximate surface area is 235 Å². The number of benzene rings is 4. The summed E-state index contributed by atoms with van der Waals surface area (Å²) in [7, 11) is 0. The third-order valence-corrected chi connectivity index (χ3v) is 16.3. The molecule has 4 aromatic carbocycles. The van der Waals surface area contributed by atoms with Crippen molar-refractivity contribution in [1.82, 2.24) is 0 Å². The molecule has 0 N–H and O–H groups in total. The average molecular weight is 741 g/mol. The van der Waals surface area contributed by atoms with E-state index in [1.807, 2.05) is 0 Å². The van der Waals surface area contributed by atoms with Crippen LogP contribution in [0.4, 0.5) is 87.8 Å². The van der Waals surface area contributed by atoms with E-state index in [1.54, 1.807) is 0 Å². The third-order valence-electron chi connectivity index (χ3n) is 6.34. The fraction of sp³-hybridized carbons (Fsp3) is 0. The Morgan fingerprint density at radius 2 is 0.244 bits per heavy atom. The van der Waals surface area contributed by atoms with Crippen molar-refractivity contribution in [1.29, 1.82) is 0 Å². The van der Waals surface area contributed by atoms with Gasteiger partial charge in [0.15, 0.2) is 0 Å². The molecule has 4 aromatic rings. The van der Waals surface area contributed by atoms with Gasteiger partial charge in [0, 0.05) is 0 Å². The van der Waals surface area contributed by atoms with E-state index in [1.165, 1.54) is 0 Å². The van der Waals surface area contributed by atoms with Crippen molar-refractivity contribution in [2.75, 3.05) is 0 Å². The first-order valence-electron chi connectivity index (χ1n) is 10.8. The zero-order valence-corrected chi connectivity index (χ0v) is 22.2. The van der Waals surface area contributed by atoms with Crippen molar-refractivity contribution in [2.45, 2.75) is 0 Å². The van der Waals surface area contributed by atoms with Crippen LogP contribution < -0.4 is 17.6 Å². The topological polar surface area (TPSA) is 0 Å². The van der Waals surface area contributed by atoms with Gasteiger partial charge in [-0.2, -0.15) is 0 Å². The fourth-order valence-corrected chi connectivity index (χ4v) is 15.0. The summed E-state index contributed by atoms with van der Waals surface area (Å²) in [6.07, 6.45) is 0. The number of hydrogen-bond donors (Lipinski definition) is 0. The van der Waals surface area contributed by atoms with Gasteiger partial charge in [-0.3, -0.25) is 0 Å². The Bertz CT molecular complexity index is 1570. The summed E-state index contributed by atoms with van der Waals surface area (Å²) in [4.78, 5) is 0. The van der Waals surface area contributed by atoms with E-state index in [4.69, 9.17) is 0 Å². The number of rotatable bonds is 4. The van der Waals surface area contributed by atoms with E-state index in [-0.39, 0.29) is 0 Å². The molecule has 0 bridgehead atoms. The van der Waals surface area contributed by atoms with E-state index >= 15 is 35.1 Å². The first kappa shape index (κ1) is 33.9. The van der Waals surface area contributed by atoms with Crippen LogP contribution >= 0.6 is 0 Å². The summed E-state index contributed by atoms with van der Waals surface area (Å²) in [6, 6.07) is 0. The van der Waals surface area contributed by atoms with Crippen LogP contribution in [0.2, 0.25) is 0 Å². The molecule has 0 saturated carbocycles. The van der Waals surface area contributed by atoms with E-state index < -0.39 is 147 Å². The monoisotopic (exact) mass is 742 g/mol. The molecule has 0 radical (unpaired) electrons. The Hall–Kier alpha value is -3.98. The fourth-order valence-electron chi connectivity index (χ4n) is 4.49. The van der Waals surface area contributed by atoms with E-state index in [0.717, 1.165) is 0 Å². The summed E-state index contributed by atoms with van der Waals surface area (Å²) in [6.45, 7) is 0. The molecular formula is C24F20Ge. The molecular weight excluding hydrogens is 741 g/mol. The summed E-state index contributed by atoms with van der Waals surface area (Å²) in [5, 5.41) is 0. The molecule has 0 unspecified atom stereocenters. The quantitative estimate of drug-likeness (QED) is 0.107. The molecule has 0 nitrogen and oxygen atoms in total. The van der Waals surface area contributed by atoms with Crippen molar-refractivity contribution in [2.24, 2.45) is 0 Å².